The molecule has 0 aliphatic heterocycles. The van der Waals surface area contributed by atoms with E-state index in [4.69, 9.17) is 0 Å². The highest BCUT2D eigenvalue weighted by Crippen LogP contribution is 2.07. The third-order valence-electron chi connectivity index (χ3n) is 2.83. The Hall–Kier alpha value is -2.43. The molecule has 0 radical (unpaired) electrons. The minimum absolute atomic E-state index is 0.326. The van der Waals surface area contributed by atoms with Gasteiger partial charge in [-0.15, -0.1) is 5.10 Å². The monoisotopic (exact) mass is 256 g/mol. The summed E-state index contributed by atoms with van der Waals surface area (Å²) in [5, 5.41) is 7.30. The average molecular weight is 256 g/mol. The summed E-state index contributed by atoms with van der Waals surface area (Å²) in [6.45, 7) is 0.739. The molecule has 1 N–H and O–H groups in total. The van der Waals surface area contributed by atoms with E-state index in [1.54, 1.807) is 6.07 Å². The SMILES string of the molecule is Fc1ccc2nc(NCCc3ccccc3)nn2c1. The number of fused-ring (bicyclic) bond motifs is 1. The van der Waals surface area contributed by atoms with Gasteiger partial charge in [-0.1, -0.05) is 30.3 Å². The summed E-state index contributed by atoms with van der Waals surface area (Å²) in [6.07, 6.45) is 2.20. The number of hydrogen-bond donors (Lipinski definition) is 1. The zero-order valence-electron chi connectivity index (χ0n) is 10.3. The van der Waals surface area contributed by atoms with Crippen LogP contribution in [-0.2, 0) is 6.42 Å². The fourth-order valence-electron chi connectivity index (χ4n) is 1.90. The molecule has 0 spiro atoms. The first-order valence-electron chi connectivity index (χ1n) is 6.11. The Balaban J connectivity index is 1.65. The minimum atomic E-state index is -0.326. The molecule has 0 unspecified atom stereocenters. The van der Waals surface area contributed by atoms with Crippen LogP contribution in [0.4, 0.5) is 10.3 Å². The number of nitrogens with zero attached hydrogens (tertiary/aromatic N) is 3. The van der Waals surface area contributed by atoms with E-state index >= 15 is 0 Å². The second-order valence-corrected chi connectivity index (χ2v) is 4.25. The molecule has 0 fully saturated rings. The molecule has 0 amide bonds. The molecule has 0 aliphatic carbocycles. The van der Waals surface area contributed by atoms with E-state index in [1.165, 1.54) is 22.3 Å². The van der Waals surface area contributed by atoms with Crippen LogP contribution in [0.3, 0.4) is 0 Å². The van der Waals surface area contributed by atoms with Gasteiger partial charge >= 0.3 is 0 Å². The Morgan fingerprint density at radius 1 is 1.11 bits per heavy atom. The Kier molecular flexibility index (Phi) is 3.10. The number of pyridine rings is 1. The van der Waals surface area contributed by atoms with E-state index < -0.39 is 0 Å². The van der Waals surface area contributed by atoms with E-state index in [9.17, 15) is 4.39 Å². The normalized spacial score (nSPS) is 10.8. The van der Waals surface area contributed by atoms with Crippen LogP contribution in [0.5, 0.6) is 0 Å². The van der Waals surface area contributed by atoms with Gasteiger partial charge < -0.3 is 5.32 Å². The van der Waals surface area contributed by atoms with Crippen LogP contribution in [-0.4, -0.2) is 21.1 Å². The summed E-state index contributed by atoms with van der Waals surface area (Å²) in [5.41, 5.74) is 1.88. The molecule has 19 heavy (non-hydrogen) atoms. The van der Waals surface area contributed by atoms with Crippen molar-refractivity contribution in [2.24, 2.45) is 0 Å². The van der Waals surface area contributed by atoms with Gasteiger partial charge in [0.1, 0.15) is 5.82 Å². The van der Waals surface area contributed by atoms with Gasteiger partial charge in [-0.25, -0.2) is 8.91 Å². The lowest BCUT2D eigenvalue weighted by Gasteiger charge is -2.01. The third-order valence-corrected chi connectivity index (χ3v) is 2.83. The summed E-state index contributed by atoms with van der Waals surface area (Å²) < 4.78 is 14.4. The van der Waals surface area contributed by atoms with Gasteiger partial charge in [0, 0.05) is 6.54 Å². The van der Waals surface area contributed by atoms with E-state index in [0.717, 1.165) is 13.0 Å². The molecule has 0 aliphatic rings. The quantitative estimate of drug-likeness (QED) is 0.780. The van der Waals surface area contributed by atoms with Crippen LogP contribution in [0.15, 0.2) is 48.7 Å². The van der Waals surface area contributed by atoms with Crippen molar-refractivity contribution in [3.05, 3.63) is 60.0 Å². The summed E-state index contributed by atoms with van der Waals surface area (Å²) in [7, 11) is 0. The summed E-state index contributed by atoms with van der Waals surface area (Å²) in [4.78, 5) is 4.26. The maximum absolute atomic E-state index is 13.0. The Morgan fingerprint density at radius 3 is 2.79 bits per heavy atom. The number of benzene rings is 1. The molecule has 0 bridgehead atoms. The zero-order valence-corrected chi connectivity index (χ0v) is 10.3. The van der Waals surface area contributed by atoms with Crippen LogP contribution in [0.1, 0.15) is 5.56 Å². The Bertz CT molecular complexity index is 678. The topological polar surface area (TPSA) is 42.2 Å². The van der Waals surface area contributed by atoms with Gasteiger partial charge in [-0.3, -0.25) is 0 Å². The van der Waals surface area contributed by atoms with Crippen molar-refractivity contribution in [2.75, 3.05) is 11.9 Å². The molecule has 4 nitrogen and oxygen atoms in total. The largest absolute Gasteiger partial charge is 0.353 e. The van der Waals surface area contributed by atoms with E-state index in [1.807, 2.05) is 18.2 Å². The molecule has 5 heteroatoms. The first-order chi connectivity index (χ1) is 9.31. The first-order valence-corrected chi connectivity index (χ1v) is 6.11. The van der Waals surface area contributed by atoms with E-state index in [0.29, 0.717) is 11.6 Å². The third kappa shape index (κ3) is 2.70. The van der Waals surface area contributed by atoms with E-state index in [2.05, 4.69) is 27.5 Å². The number of nitrogens with one attached hydrogen (secondary N) is 1. The number of aromatic nitrogens is 3. The molecule has 2 aromatic heterocycles. The molecule has 0 saturated heterocycles. The first kappa shape index (κ1) is 11.6. The van der Waals surface area contributed by atoms with Crippen LogP contribution in [0.2, 0.25) is 0 Å². The van der Waals surface area contributed by atoms with Gasteiger partial charge in [-0.05, 0) is 24.1 Å². The van der Waals surface area contributed by atoms with Crippen LogP contribution >= 0.6 is 0 Å². The summed E-state index contributed by atoms with van der Waals surface area (Å²) >= 11 is 0. The van der Waals surface area contributed by atoms with Crippen LogP contribution < -0.4 is 5.32 Å². The number of hydrogen-bond acceptors (Lipinski definition) is 3. The minimum Gasteiger partial charge on any atom is -0.353 e. The van der Waals surface area contributed by atoms with Crippen molar-refractivity contribution >= 4 is 11.6 Å². The van der Waals surface area contributed by atoms with Crippen molar-refractivity contribution in [3.63, 3.8) is 0 Å². The molecule has 3 aromatic rings. The lowest BCUT2D eigenvalue weighted by atomic mass is 10.1. The van der Waals surface area contributed by atoms with Gasteiger partial charge in [0.25, 0.3) is 0 Å². The van der Waals surface area contributed by atoms with Gasteiger partial charge in [0.15, 0.2) is 5.65 Å². The highest BCUT2D eigenvalue weighted by atomic mass is 19.1. The van der Waals surface area contributed by atoms with Gasteiger partial charge in [0.05, 0.1) is 6.20 Å². The molecule has 1 aromatic carbocycles. The number of anilines is 1. The summed E-state index contributed by atoms with van der Waals surface area (Å²) in [6, 6.07) is 13.2. The molecule has 2 heterocycles. The second-order valence-electron chi connectivity index (χ2n) is 4.25. The Morgan fingerprint density at radius 2 is 1.95 bits per heavy atom. The van der Waals surface area contributed by atoms with Crippen molar-refractivity contribution in [2.45, 2.75) is 6.42 Å². The van der Waals surface area contributed by atoms with Crippen molar-refractivity contribution in [1.29, 1.82) is 0 Å². The lowest BCUT2D eigenvalue weighted by Crippen LogP contribution is -2.06. The van der Waals surface area contributed by atoms with Crippen LogP contribution in [0.25, 0.3) is 5.65 Å². The number of rotatable bonds is 4. The van der Waals surface area contributed by atoms with Crippen molar-refractivity contribution in [3.8, 4) is 0 Å². The molecule has 3 rings (SSSR count). The smallest absolute Gasteiger partial charge is 0.243 e. The lowest BCUT2D eigenvalue weighted by molar-refractivity contribution is 0.615. The fraction of sp³-hybridized carbons (Fsp3) is 0.143. The maximum Gasteiger partial charge on any atom is 0.243 e. The molecule has 96 valence electrons. The highest BCUT2D eigenvalue weighted by molar-refractivity contribution is 5.43. The zero-order chi connectivity index (χ0) is 13.1. The molecule has 0 saturated carbocycles. The predicted octanol–water partition coefficient (Wildman–Crippen LogP) is 2.52. The van der Waals surface area contributed by atoms with Gasteiger partial charge in [-0.2, -0.15) is 4.98 Å². The highest BCUT2D eigenvalue weighted by Gasteiger charge is 2.03. The Labute approximate surface area is 109 Å². The maximum atomic E-state index is 13.0. The van der Waals surface area contributed by atoms with Crippen molar-refractivity contribution < 1.29 is 4.39 Å². The molecular formula is C14H13FN4. The standard InChI is InChI=1S/C14H13FN4/c15-12-6-7-13-17-14(18-19(13)10-12)16-9-8-11-4-2-1-3-5-11/h1-7,10H,8-9H2,(H,16,18). The van der Waals surface area contributed by atoms with Crippen LogP contribution in [0, 0.1) is 5.82 Å². The fourth-order valence-corrected chi connectivity index (χ4v) is 1.90. The second kappa shape index (κ2) is 5.06. The summed E-state index contributed by atoms with van der Waals surface area (Å²) in [5.74, 6) is 0.190. The van der Waals surface area contributed by atoms with Gasteiger partial charge in [0.2, 0.25) is 5.95 Å². The predicted molar refractivity (Wildman–Crippen MR) is 71.6 cm³/mol. The average Bonchev–Trinajstić information content (AvgIpc) is 2.82. The molecule has 0 atom stereocenters. The number of halogens is 1. The molecular weight excluding hydrogens is 243 g/mol. The van der Waals surface area contributed by atoms with Crippen molar-refractivity contribution in [1.82, 2.24) is 14.6 Å². The van der Waals surface area contributed by atoms with E-state index in [-0.39, 0.29) is 5.82 Å².